The van der Waals surface area contributed by atoms with Gasteiger partial charge in [-0.25, -0.2) is 9.59 Å². The summed E-state index contributed by atoms with van der Waals surface area (Å²) >= 11 is 0. The van der Waals surface area contributed by atoms with Gasteiger partial charge in [0.1, 0.15) is 23.7 Å². The zero-order valence-electron chi connectivity index (χ0n) is 37.4. The van der Waals surface area contributed by atoms with Crippen molar-refractivity contribution in [1.82, 2.24) is 15.5 Å². The summed E-state index contributed by atoms with van der Waals surface area (Å²) in [6, 6.07) is 4.82. The molecule has 0 aliphatic carbocycles. The predicted molar refractivity (Wildman–Crippen MR) is 226 cm³/mol. The molecule has 14 heteroatoms. The van der Waals surface area contributed by atoms with E-state index in [1.165, 1.54) is 0 Å². The lowest BCUT2D eigenvalue weighted by molar-refractivity contribution is -0.164. The third-order valence-corrected chi connectivity index (χ3v) is 11.3. The number of nitrogens with one attached hydrogen (secondary N) is 2. The van der Waals surface area contributed by atoms with E-state index in [9.17, 15) is 19.5 Å². The van der Waals surface area contributed by atoms with Crippen molar-refractivity contribution < 1.29 is 47.6 Å². The van der Waals surface area contributed by atoms with E-state index in [1.807, 2.05) is 47.7 Å². The number of methoxy groups -OCH3 is 1. The molecule has 1 radical (unpaired) electrons. The maximum atomic E-state index is 14.0. The first-order chi connectivity index (χ1) is 26.6. The topological polar surface area (TPSA) is 154 Å². The minimum Gasteiger partial charge on any atom is -0.493 e. The standard InChI is InChI=1S/C43H76N3O10Si/c1-30(2)32(26-36(45-40(50)55-42(8,9)10)35(41(5,6)7)28-43(31(3)4,39(48)49)56-57(12)13)29-44-38(47)34-17-16-33(27-37(34)54-22-15-14-21-51-11)53-25-20-46-18-23-52-24-19-46/h16-17,27,30-32,35-36H,14-15,18-26,28-29H2,1-13H3,(H,44,47)(H,45,50)(H,48,49)/t32-,35-,36+,43+/m1/s1. The number of alkyl carbamates (subject to hydrolysis) is 1. The molecule has 327 valence electrons. The number of hydrogen-bond acceptors (Lipinski definition) is 10. The highest BCUT2D eigenvalue weighted by Gasteiger charge is 2.49. The number of carbonyl (C=O) groups excluding carboxylic acids is 2. The molecule has 0 bridgehead atoms. The summed E-state index contributed by atoms with van der Waals surface area (Å²) in [5.41, 5.74) is -2.24. The number of carboxylic acid groups (broad SMARTS) is 1. The van der Waals surface area contributed by atoms with Crippen LogP contribution in [0.3, 0.4) is 0 Å². The maximum absolute atomic E-state index is 14.0. The van der Waals surface area contributed by atoms with Gasteiger partial charge in [-0.15, -0.1) is 0 Å². The van der Waals surface area contributed by atoms with E-state index in [0.717, 1.165) is 45.7 Å². The highest BCUT2D eigenvalue weighted by atomic mass is 28.3. The van der Waals surface area contributed by atoms with Gasteiger partial charge in [0.25, 0.3) is 5.91 Å². The van der Waals surface area contributed by atoms with Crippen molar-refractivity contribution in [3.63, 3.8) is 0 Å². The Labute approximate surface area is 345 Å². The van der Waals surface area contributed by atoms with Gasteiger partial charge in [0.05, 0.1) is 25.4 Å². The molecule has 57 heavy (non-hydrogen) atoms. The number of carbonyl (C=O) groups is 3. The number of rotatable bonds is 24. The molecule has 0 unspecified atom stereocenters. The lowest BCUT2D eigenvalue weighted by atomic mass is 9.66. The average molecular weight is 823 g/mol. The number of ether oxygens (including phenoxy) is 5. The third kappa shape index (κ3) is 17.5. The van der Waals surface area contributed by atoms with Crippen molar-refractivity contribution in [2.45, 2.75) is 125 Å². The Bertz CT molecular complexity index is 1370. The summed E-state index contributed by atoms with van der Waals surface area (Å²) < 4.78 is 35.1. The molecule has 1 aliphatic rings. The molecule has 0 aromatic heterocycles. The van der Waals surface area contributed by atoms with Crippen molar-refractivity contribution in [3.8, 4) is 11.5 Å². The quantitative estimate of drug-likeness (QED) is 0.0712. The van der Waals surface area contributed by atoms with Gasteiger partial charge in [-0.1, -0.05) is 48.5 Å². The lowest BCUT2D eigenvalue weighted by Crippen LogP contribution is -2.56. The number of hydrogen-bond donors (Lipinski definition) is 3. The lowest BCUT2D eigenvalue weighted by Gasteiger charge is -2.45. The highest BCUT2D eigenvalue weighted by Crippen LogP contribution is 2.42. The fraction of sp³-hybridized carbons (Fsp3) is 0.791. The van der Waals surface area contributed by atoms with Crippen LogP contribution >= 0.6 is 0 Å². The highest BCUT2D eigenvalue weighted by molar-refractivity contribution is 6.48. The number of amides is 2. The number of carboxylic acids is 1. The van der Waals surface area contributed by atoms with Crippen LogP contribution < -0.4 is 20.1 Å². The van der Waals surface area contributed by atoms with E-state index in [-0.39, 0.29) is 36.0 Å². The van der Waals surface area contributed by atoms with Crippen molar-refractivity contribution in [1.29, 1.82) is 0 Å². The Morgan fingerprint density at radius 2 is 1.60 bits per heavy atom. The first-order valence-corrected chi connectivity index (χ1v) is 23.2. The minimum atomic E-state index is -1.45. The van der Waals surface area contributed by atoms with Crippen LogP contribution in [0.5, 0.6) is 11.5 Å². The number of morpholine rings is 1. The van der Waals surface area contributed by atoms with Gasteiger partial charge >= 0.3 is 12.1 Å². The monoisotopic (exact) mass is 823 g/mol. The van der Waals surface area contributed by atoms with Gasteiger partial charge in [-0.2, -0.15) is 0 Å². The van der Waals surface area contributed by atoms with Crippen LogP contribution in [0, 0.1) is 29.1 Å². The molecule has 1 saturated heterocycles. The average Bonchev–Trinajstić information content (AvgIpc) is 3.09. The molecule has 2 amide bonds. The van der Waals surface area contributed by atoms with Gasteiger partial charge < -0.3 is 43.9 Å². The summed E-state index contributed by atoms with van der Waals surface area (Å²) in [4.78, 5) is 42.9. The number of unbranched alkanes of at least 4 members (excludes halogenated alkanes) is 1. The maximum Gasteiger partial charge on any atom is 0.407 e. The van der Waals surface area contributed by atoms with Gasteiger partial charge in [0, 0.05) is 52.0 Å². The Hall–Kier alpha value is -2.91. The molecule has 3 N–H and O–H groups in total. The van der Waals surface area contributed by atoms with Crippen LogP contribution in [-0.2, 0) is 23.4 Å². The van der Waals surface area contributed by atoms with Crippen LogP contribution in [0.25, 0.3) is 0 Å². The van der Waals surface area contributed by atoms with Crippen LogP contribution in [0.15, 0.2) is 18.2 Å². The molecule has 1 aliphatic heterocycles. The van der Waals surface area contributed by atoms with Crippen molar-refractivity contribution in [2.24, 2.45) is 29.1 Å². The molecule has 4 atom stereocenters. The summed E-state index contributed by atoms with van der Waals surface area (Å²) in [6.45, 7) is 29.3. The van der Waals surface area contributed by atoms with E-state index in [4.69, 9.17) is 28.1 Å². The van der Waals surface area contributed by atoms with Gasteiger partial charge in [-0.05, 0) is 101 Å². The summed E-state index contributed by atoms with van der Waals surface area (Å²) in [7, 11) is 0.251. The Kier molecular flexibility index (Phi) is 20.8. The summed E-state index contributed by atoms with van der Waals surface area (Å²) in [6.07, 6.45) is 1.66. The Balaban J connectivity index is 2.41. The Morgan fingerprint density at radius 3 is 2.14 bits per heavy atom. The molecule has 1 aromatic rings. The predicted octanol–water partition coefficient (Wildman–Crippen LogP) is 7.29. The van der Waals surface area contributed by atoms with Crippen molar-refractivity contribution in [3.05, 3.63) is 23.8 Å². The molecular weight excluding hydrogens is 747 g/mol. The number of aliphatic carboxylic acids is 1. The number of nitrogens with zero attached hydrogens (tertiary/aromatic N) is 1. The van der Waals surface area contributed by atoms with Crippen molar-refractivity contribution >= 4 is 27.0 Å². The van der Waals surface area contributed by atoms with E-state index in [2.05, 4.69) is 50.2 Å². The van der Waals surface area contributed by atoms with Gasteiger partial charge in [0.2, 0.25) is 9.04 Å². The molecule has 2 rings (SSSR count). The first-order valence-electron chi connectivity index (χ1n) is 20.8. The Morgan fingerprint density at radius 1 is 0.947 bits per heavy atom. The normalized spacial score (nSPS) is 16.8. The van der Waals surface area contributed by atoms with Crippen LogP contribution in [0.4, 0.5) is 4.79 Å². The number of benzene rings is 1. The molecule has 0 saturated carbocycles. The van der Waals surface area contributed by atoms with Gasteiger partial charge in [-0.3, -0.25) is 9.69 Å². The van der Waals surface area contributed by atoms with Crippen LogP contribution in [0.1, 0.15) is 105 Å². The van der Waals surface area contributed by atoms with Crippen LogP contribution in [-0.4, -0.2) is 121 Å². The van der Waals surface area contributed by atoms with E-state index < -0.39 is 43.8 Å². The fourth-order valence-corrected chi connectivity index (χ4v) is 8.22. The van der Waals surface area contributed by atoms with Crippen LogP contribution in [0.2, 0.25) is 13.1 Å². The summed E-state index contributed by atoms with van der Waals surface area (Å²) in [5.74, 6) is -0.898. The SMILES string of the molecule is COCCCCOc1cc(OCCN2CCOCC2)ccc1C(=O)NC[C@@H](C[C@H](NC(=O)OC(C)(C)C)[C@@H](C[C@@](O[Si](C)C)(C(=O)O)C(C)C)C(C)(C)C)C(C)C. The van der Waals surface area contributed by atoms with E-state index in [0.29, 0.717) is 49.8 Å². The molecule has 1 aromatic carbocycles. The fourth-order valence-electron chi connectivity index (χ4n) is 7.08. The molecule has 13 nitrogen and oxygen atoms in total. The molecule has 1 fully saturated rings. The third-order valence-electron chi connectivity index (χ3n) is 10.5. The zero-order chi connectivity index (χ0) is 43.0. The summed E-state index contributed by atoms with van der Waals surface area (Å²) in [5, 5.41) is 17.1. The van der Waals surface area contributed by atoms with E-state index in [1.54, 1.807) is 25.3 Å². The smallest absolute Gasteiger partial charge is 0.407 e. The zero-order valence-corrected chi connectivity index (χ0v) is 38.4. The van der Waals surface area contributed by atoms with E-state index >= 15 is 0 Å². The minimum absolute atomic E-state index is 0.0966. The second kappa shape index (κ2) is 23.6. The molecular formula is C43H76N3O10Si. The largest absolute Gasteiger partial charge is 0.493 e. The second-order valence-electron chi connectivity index (χ2n) is 18.2. The molecule has 0 spiro atoms. The first kappa shape index (κ1) is 50.2. The second-order valence-corrected chi connectivity index (χ2v) is 20.3. The van der Waals surface area contributed by atoms with Gasteiger partial charge in [0.15, 0.2) is 5.60 Å². The molecule has 1 heterocycles. The van der Waals surface area contributed by atoms with Crippen molar-refractivity contribution in [2.75, 3.05) is 66.3 Å².